The molecule has 0 bridgehead atoms. The van der Waals surface area contributed by atoms with Crippen molar-refractivity contribution >= 4 is 17.8 Å². The summed E-state index contributed by atoms with van der Waals surface area (Å²) in [5.41, 5.74) is 1.83. The quantitative estimate of drug-likeness (QED) is 0.162. The van der Waals surface area contributed by atoms with Crippen molar-refractivity contribution in [3.8, 4) is 17.2 Å². The minimum absolute atomic E-state index is 0.0184. The second kappa shape index (κ2) is 11.9. The molecule has 2 aromatic carbocycles. The Morgan fingerprint density at radius 3 is 2.03 bits per heavy atom. The van der Waals surface area contributed by atoms with E-state index in [1.54, 1.807) is 51.1 Å². The summed E-state index contributed by atoms with van der Waals surface area (Å²) in [4.78, 5) is 24.9. The maximum atomic E-state index is 12.8. The van der Waals surface area contributed by atoms with Crippen LogP contribution in [0.5, 0.6) is 17.2 Å². The highest BCUT2D eigenvalue weighted by atomic mass is 16.5. The van der Waals surface area contributed by atoms with Gasteiger partial charge in [-0.25, -0.2) is 0 Å². The molecule has 0 spiro atoms. The third-order valence-electron chi connectivity index (χ3n) is 4.81. The minimum Gasteiger partial charge on any atom is -0.491 e. The molecule has 0 heterocycles. The molecule has 0 aliphatic carbocycles. The van der Waals surface area contributed by atoms with Crippen LogP contribution in [0.4, 0.5) is 0 Å². The molecule has 184 valence electrons. The summed E-state index contributed by atoms with van der Waals surface area (Å²) in [6, 6.07) is 10.5. The van der Waals surface area contributed by atoms with Gasteiger partial charge in [0, 0.05) is 17.2 Å². The molecule has 0 aliphatic heterocycles. The van der Waals surface area contributed by atoms with Gasteiger partial charge < -0.3 is 14.2 Å². The fourth-order valence-electron chi connectivity index (χ4n) is 3.15. The van der Waals surface area contributed by atoms with E-state index < -0.39 is 5.41 Å². The lowest BCUT2D eigenvalue weighted by atomic mass is 9.97. The summed E-state index contributed by atoms with van der Waals surface area (Å²) < 4.78 is 17.4. The molecule has 0 saturated heterocycles. The maximum absolute atomic E-state index is 12.8. The third-order valence-corrected chi connectivity index (χ3v) is 4.81. The van der Waals surface area contributed by atoms with Crippen molar-refractivity contribution in [2.45, 2.75) is 80.4 Å². The molecule has 0 amide bonds. The second-order valence-electron chi connectivity index (χ2n) is 9.94. The molecule has 0 N–H and O–H groups in total. The normalized spacial score (nSPS) is 11.8. The van der Waals surface area contributed by atoms with Gasteiger partial charge in [-0.05, 0) is 103 Å². The summed E-state index contributed by atoms with van der Waals surface area (Å²) in [7, 11) is 0. The van der Waals surface area contributed by atoms with Gasteiger partial charge in [0.25, 0.3) is 0 Å². The van der Waals surface area contributed by atoms with Crippen LogP contribution < -0.4 is 14.2 Å². The number of carbonyl (C=O) groups is 2. The number of rotatable bonds is 10. The molecule has 0 aliphatic rings. The van der Waals surface area contributed by atoms with Crippen molar-refractivity contribution in [2.24, 2.45) is 5.41 Å². The van der Waals surface area contributed by atoms with Gasteiger partial charge >= 0.3 is 5.97 Å². The summed E-state index contributed by atoms with van der Waals surface area (Å²) >= 11 is 0. The van der Waals surface area contributed by atoms with E-state index in [-0.39, 0.29) is 24.0 Å². The average Bonchev–Trinajstić information content (AvgIpc) is 2.73. The molecule has 2 rings (SSSR count). The molecular weight excluding hydrogens is 428 g/mol. The number of benzene rings is 2. The monoisotopic (exact) mass is 466 g/mol. The first kappa shape index (κ1) is 27.2. The van der Waals surface area contributed by atoms with E-state index in [1.165, 1.54) is 6.08 Å². The number of aryl methyl sites for hydroxylation is 1. The van der Waals surface area contributed by atoms with Crippen LogP contribution in [0, 0.1) is 5.41 Å². The number of allylic oxidation sites excluding steroid dienone is 1. The van der Waals surface area contributed by atoms with E-state index in [1.807, 2.05) is 39.8 Å². The molecule has 5 nitrogen and oxygen atoms in total. The van der Waals surface area contributed by atoms with Crippen molar-refractivity contribution in [2.75, 3.05) is 0 Å². The summed E-state index contributed by atoms with van der Waals surface area (Å²) in [6.45, 7) is 15.4. The van der Waals surface area contributed by atoms with Crippen molar-refractivity contribution in [1.82, 2.24) is 0 Å². The van der Waals surface area contributed by atoms with Crippen molar-refractivity contribution in [3.63, 3.8) is 0 Å². The van der Waals surface area contributed by atoms with Gasteiger partial charge in [-0.1, -0.05) is 13.3 Å². The van der Waals surface area contributed by atoms with Gasteiger partial charge in [-0.3, -0.25) is 9.59 Å². The Kier molecular flexibility index (Phi) is 9.48. The number of ketones is 1. The number of ether oxygens (including phenoxy) is 3. The lowest BCUT2D eigenvalue weighted by molar-refractivity contribution is -0.143. The van der Waals surface area contributed by atoms with Crippen LogP contribution in [0.1, 0.15) is 83.3 Å². The minimum atomic E-state index is -0.598. The highest BCUT2D eigenvalue weighted by molar-refractivity contribution is 6.07. The van der Waals surface area contributed by atoms with Crippen LogP contribution in [0.25, 0.3) is 6.08 Å². The Morgan fingerprint density at radius 1 is 0.912 bits per heavy atom. The lowest BCUT2D eigenvalue weighted by Crippen LogP contribution is -2.25. The number of hydrogen-bond donors (Lipinski definition) is 0. The van der Waals surface area contributed by atoms with Crippen LogP contribution in [0.2, 0.25) is 0 Å². The Bertz CT molecular complexity index is 1010. The van der Waals surface area contributed by atoms with Gasteiger partial charge in [0.15, 0.2) is 5.78 Å². The van der Waals surface area contributed by atoms with E-state index in [2.05, 4.69) is 6.92 Å². The van der Waals surface area contributed by atoms with Crippen molar-refractivity contribution in [1.29, 1.82) is 0 Å². The van der Waals surface area contributed by atoms with Gasteiger partial charge in [0.05, 0.1) is 17.6 Å². The van der Waals surface area contributed by atoms with E-state index in [0.717, 1.165) is 29.7 Å². The van der Waals surface area contributed by atoms with Crippen LogP contribution in [0.3, 0.4) is 0 Å². The Morgan fingerprint density at radius 2 is 1.50 bits per heavy atom. The zero-order chi connectivity index (χ0) is 25.5. The third kappa shape index (κ3) is 8.05. The van der Waals surface area contributed by atoms with Gasteiger partial charge in [0.2, 0.25) is 0 Å². The van der Waals surface area contributed by atoms with E-state index in [9.17, 15) is 9.59 Å². The maximum Gasteiger partial charge on any atom is 0.316 e. The Balaban J connectivity index is 2.29. The van der Waals surface area contributed by atoms with E-state index >= 15 is 0 Å². The van der Waals surface area contributed by atoms with Crippen LogP contribution in [-0.2, 0) is 11.2 Å². The van der Waals surface area contributed by atoms with Crippen LogP contribution >= 0.6 is 0 Å². The Labute approximate surface area is 204 Å². The first-order valence-corrected chi connectivity index (χ1v) is 12.0. The fraction of sp³-hybridized carbons (Fsp3) is 0.448. The lowest BCUT2D eigenvalue weighted by Gasteiger charge is -2.19. The Hall–Kier alpha value is -3.08. The molecule has 0 radical (unpaired) electrons. The molecule has 5 heteroatoms. The van der Waals surface area contributed by atoms with Crippen LogP contribution in [-0.4, -0.2) is 24.0 Å². The highest BCUT2D eigenvalue weighted by Crippen LogP contribution is 2.33. The molecular formula is C29H38O5. The SMILES string of the molecule is CCCc1cc(C=CC(=O)c2ccc(OC(=O)C(C)(C)C)cc2)c(OC(C)C)cc1OC(C)C. The van der Waals surface area contributed by atoms with Gasteiger partial charge in [0.1, 0.15) is 17.2 Å². The van der Waals surface area contributed by atoms with Crippen LogP contribution in [0.15, 0.2) is 42.5 Å². The van der Waals surface area contributed by atoms with Gasteiger partial charge in [-0.2, -0.15) is 0 Å². The first-order valence-electron chi connectivity index (χ1n) is 12.0. The van der Waals surface area contributed by atoms with Crippen molar-refractivity contribution in [3.05, 3.63) is 59.2 Å². The van der Waals surface area contributed by atoms with E-state index in [4.69, 9.17) is 14.2 Å². The summed E-state index contributed by atoms with van der Waals surface area (Å²) in [5.74, 6) is 1.44. The molecule has 2 aromatic rings. The molecule has 0 saturated carbocycles. The molecule has 0 atom stereocenters. The fourth-order valence-corrected chi connectivity index (χ4v) is 3.15. The number of carbonyl (C=O) groups excluding carboxylic acids is 2. The molecule has 0 fully saturated rings. The molecule has 0 aromatic heterocycles. The predicted octanol–water partition coefficient (Wildman–Crippen LogP) is 7.06. The van der Waals surface area contributed by atoms with Gasteiger partial charge in [-0.15, -0.1) is 0 Å². The van der Waals surface area contributed by atoms with Crippen molar-refractivity contribution < 1.29 is 23.8 Å². The summed E-state index contributed by atoms with van der Waals surface area (Å²) in [5, 5.41) is 0. The molecule has 0 unspecified atom stereocenters. The largest absolute Gasteiger partial charge is 0.491 e. The second-order valence-corrected chi connectivity index (χ2v) is 9.94. The standard InChI is InChI=1S/C29H38O5/c1-9-10-22-17-23(27(33-20(4)5)18-26(22)32-19(2)3)13-16-25(30)21-11-14-24(15-12-21)34-28(31)29(6,7)8/h11-20H,9-10H2,1-8H3. The highest BCUT2D eigenvalue weighted by Gasteiger charge is 2.23. The van der Waals surface area contributed by atoms with E-state index in [0.29, 0.717) is 17.1 Å². The predicted molar refractivity (Wildman–Crippen MR) is 137 cm³/mol. The summed E-state index contributed by atoms with van der Waals surface area (Å²) in [6.07, 6.45) is 5.20. The topological polar surface area (TPSA) is 61.8 Å². The molecule has 34 heavy (non-hydrogen) atoms. The smallest absolute Gasteiger partial charge is 0.316 e. The zero-order valence-corrected chi connectivity index (χ0v) is 21.7. The number of esters is 1. The number of hydrogen-bond acceptors (Lipinski definition) is 5. The average molecular weight is 467 g/mol. The first-order chi connectivity index (χ1) is 15.9. The zero-order valence-electron chi connectivity index (χ0n) is 21.7.